The summed E-state index contributed by atoms with van der Waals surface area (Å²) < 4.78 is 39.5. The van der Waals surface area contributed by atoms with E-state index in [2.05, 4.69) is 15.4 Å². The zero-order valence-corrected chi connectivity index (χ0v) is 31.9. The van der Waals surface area contributed by atoms with E-state index in [9.17, 15) is 24.3 Å². The molecule has 0 atom stereocenters. The lowest BCUT2D eigenvalue weighted by Gasteiger charge is -2.42. The van der Waals surface area contributed by atoms with Gasteiger partial charge in [-0.3, -0.25) is 19.1 Å². The number of halogens is 3. The third-order valence-electron chi connectivity index (χ3n) is 10.7. The molecule has 292 valence electrons. The second-order valence-electron chi connectivity index (χ2n) is 14.3. The minimum absolute atomic E-state index is 0.0246. The molecule has 0 radical (unpaired) electrons. The fraction of sp³-hybridized carbons (Fsp3) is 0.421. The number of methoxy groups -OCH3 is 1. The number of carbonyl (C=O) groups excluding carboxylic acids is 3. The minimum Gasteiger partial charge on any atom is -0.477 e. The van der Waals surface area contributed by atoms with Crippen LogP contribution >= 0.6 is 11.6 Å². The Bertz CT molecular complexity index is 2120. The van der Waals surface area contributed by atoms with Crippen molar-refractivity contribution in [1.82, 2.24) is 29.1 Å². The van der Waals surface area contributed by atoms with Crippen LogP contribution in [0.3, 0.4) is 0 Å². The number of nitrogens with zero attached hydrogens (tertiary/aromatic N) is 7. The number of carboxylic acids is 1. The van der Waals surface area contributed by atoms with Crippen LogP contribution in [0.5, 0.6) is 0 Å². The van der Waals surface area contributed by atoms with Crippen molar-refractivity contribution in [3.05, 3.63) is 76.5 Å². The number of carboxylic acid groups (broad SMARTS) is 1. The van der Waals surface area contributed by atoms with Crippen LogP contribution in [0.15, 0.2) is 42.7 Å². The standard InChI is InChI=1S/C38H43ClF2N8O6/c1-23-29(20-43-48(23)15-18-55-4)26-7-8-28(34(41)33(26)40)31-21-42-35(45(31)2)36(52)44-25-5-6-27(30(39)19-25)38(54)46-11-9-24(10-12-46)37(53)47-13-16-49(3,17-14-47)22-32(50)51/h5-8,19-21,24H,9-18,22H2,1-4H3,(H-,44,50,51,52,54)/p+1. The number of piperazine rings is 1. The number of amides is 3. The molecule has 6 rings (SSSR count). The van der Waals surface area contributed by atoms with Gasteiger partial charge in [0, 0.05) is 61.2 Å². The maximum atomic E-state index is 15.5. The van der Waals surface area contributed by atoms with E-state index in [0.29, 0.717) is 86.7 Å². The van der Waals surface area contributed by atoms with Crippen molar-refractivity contribution in [2.45, 2.75) is 26.3 Å². The van der Waals surface area contributed by atoms with E-state index >= 15 is 8.78 Å². The van der Waals surface area contributed by atoms with Crippen molar-refractivity contribution >= 4 is 41.0 Å². The van der Waals surface area contributed by atoms with Crippen LogP contribution in [-0.2, 0) is 27.9 Å². The molecule has 0 bridgehead atoms. The normalized spacial score (nSPS) is 16.0. The molecule has 2 aliphatic heterocycles. The number of likely N-dealkylation sites (tertiary alicyclic amines) is 1. The molecule has 0 aliphatic carbocycles. The van der Waals surface area contributed by atoms with E-state index in [1.54, 1.807) is 28.5 Å². The highest BCUT2D eigenvalue weighted by Crippen LogP contribution is 2.33. The number of anilines is 1. The van der Waals surface area contributed by atoms with Gasteiger partial charge in [0.2, 0.25) is 5.91 Å². The number of aromatic nitrogens is 4. The van der Waals surface area contributed by atoms with Gasteiger partial charge >= 0.3 is 5.97 Å². The van der Waals surface area contributed by atoms with Gasteiger partial charge in [-0.25, -0.2) is 18.6 Å². The van der Waals surface area contributed by atoms with Gasteiger partial charge < -0.3 is 34.0 Å². The van der Waals surface area contributed by atoms with Crippen LogP contribution in [0.2, 0.25) is 5.02 Å². The molecular formula is C38H44ClF2N8O6+. The first kappa shape index (κ1) is 39.5. The lowest BCUT2D eigenvalue weighted by molar-refractivity contribution is -0.906. The summed E-state index contributed by atoms with van der Waals surface area (Å²) in [6.07, 6.45) is 3.77. The lowest BCUT2D eigenvalue weighted by atomic mass is 9.94. The average Bonchev–Trinajstić information content (AvgIpc) is 3.72. The smallest absolute Gasteiger partial charge is 0.359 e. The second-order valence-corrected chi connectivity index (χ2v) is 14.7. The predicted octanol–water partition coefficient (Wildman–Crippen LogP) is 4.31. The van der Waals surface area contributed by atoms with Crippen molar-refractivity contribution in [2.24, 2.45) is 13.0 Å². The molecule has 0 spiro atoms. The number of carbonyl (C=O) groups is 4. The van der Waals surface area contributed by atoms with E-state index in [4.69, 9.17) is 16.3 Å². The summed E-state index contributed by atoms with van der Waals surface area (Å²) in [6.45, 7) is 5.57. The number of piperidine rings is 1. The van der Waals surface area contributed by atoms with Crippen molar-refractivity contribution in [2.75, 3.05) is 71.9 Å². The van der Waals surface area contributed by atoms with Crippen LogP contribution in [0.4, 0.5) is 14.5 Å². The Morgan fingerprint density at radius 1 is 0.982 bits per heavy atom. The number of quaternary nitrogens is 1. The molecule has 2 saturated heterocycles. The first-order chi connectivity index (χ1) is 26.2. The summed E-state index contributed by atoms with van der Waals surface area (Å²) in [5.74, 6) is -4.18. The maximum Gasteiger partial charge on any atom is 0.359 e. The number of nitrogens with one attached hydrogen (secondary N) is 1. The van der Waals surface area contributed by atoms with Gasteiger partial charge in [0.1, 0.15) is 0 Å². The number of benzene rings is 2. The number of hydrogen-bond donors (Lipinski definition) is 2. The summed E-state index contributed by atoms with van der Waals surface area (Å²) in [5, 5.41) is 16.3. The second kappa shape index (κ2) is 16.3. The highest BCUT2D eigenvalue weighted by molar-refractivity contribution is 6.34. The van der Waals surface area contributed by atoms with Crippen molar-refractivity contribution in [1.29, 1.82) is 0 Å². The summed E-state index contributed by atoms with van der Waals surface area (Å²) >= 11 is 6.54. The van der Waals surface area contributed by atoms with E-state index in [1.165, 1.54) is 54.3 Å². The summed E-state index contributed by atoms with van der Waals surface area (Å²) in [6, 6.07) is 7.41. The molecule has 2 aromatic carbocycles. The Kier molecular flexibility index (Phi) is 11.7. The number of ether oxygens (including phenoxy) is 1. The first-order valence-corrected chi connectivity index (χ1v) is 18.3. The molecule has 2 aromatic heterocycles. The van der Waals surface area contributed by atoms with Crippen LogP contribution < -0.4 is 5.32 Å². The fourth-order valence-electron chi connectivity index (χ4n) is 7.30. The molecule has 0 saturated carbocycles. The van der Waals surface area contributed by atoms with Crippen molar-refractivity contribution in [3.63, 3.8) is 0 Å². The van der Waals surface area contributed by atoms with Crippen LogP contribution in [0, 0.1) is 24.5 Å². The van der Waals surface area contributed by atoms with Crippen LogP contribution in [0.1, 0.15) is 39.5 Å². The maximum absolute atomic E-state index is 15.5. The van der Waals surface area contributed by atoms with E-state index in [0.717, 1.165) is 0 Å². The number of imidazole rings is 1. The largest absolute Gasteiger partial charge is 0.477 e. The minimum atomic E-state index is -1.09. The molecule has 14 nitrogen and oxygen atoms in total. The quantitative estimate of drug-likeness (QED) is 0.214. The highest BCUT2D eigenvalue weighted by Gasteiger charge is 2.37. The SMILES string of the molecule is COCCn1ncc(-c2ccc(-c3cnc(C(=O)Nc4ccc(C(=O)N5CCC(C(=O)N6CC[N+](C)(CC(=O)O)CC6)CC5)c(Cl)c4)n3C)c(F)c2F)c1C. The fourth-order valence-corrected chi connectivity index (χ4v) is 7.57. The number of rotatable bonds is 11. The Balaban J connectivity index is 1.06. The molecular weight excluding hydrogens is 738 g/mol. The summed E-state index contributed by atoms with van der Waals surface area (Å²) in [4.78, 5) is 58.8. The zero-order valence-electron chi connectivity index (χ0n) is 31.1. The van der Waals surface area contributed by atoms with Gasteiger partial charge in [-0.05, 0) is 44.0 Å². The number of likely N-dealkylation sites (N-methyl/N-ethyl adjacent to an activating group) is 1. The third-order valence-corrected chi connectivity index (χ3v) is 11.0. The molecule has 3 amide bonds. The molecule has 4 heterocycles. The van der Waals surface area contributed by atoms with Gasteiger partial charge in [-0.2, -0.15) is 5.10 Å². The van der Waals surface area contributed by atoms with Gasteiger partial charge in [0.15, 0.2) is 24.0 Å². The number of aliphatic carboxylic acids is 1. The Hall–Kier alpha value is -5.19. The average molecular weight is 782 g/mol. The Morgan fingerprint density at radius 2 is 1.65 bits per heavy atom. The number of hydrogen-bond acceptors (Lipinski definition) is 7. The third kappa shape index (κ3) is 8.26. The molecule has 4 aromatic rings. The zero-order chi connectivity index (χ0) is 39.6. The van der Waals surface area contributed by atoms with Gasteiger partial charge in [-0.15, -0.1) is 0 Å². The molecule has 55 heavy (non-hydrogen) atoms. The topological polar surface area (TPSA) is 152 Å². The van der Waals surface area contributed by atoms with Crippen LogP contribution in [0.25, 0.3) is 22.4 Å². The molecule has 2 N–H and O–H groups in total. The Morgan fingerprint density at radius 3 is 2.31 bits per heavy atom. The molecule has 0 unspecified atom stereocenters. The van der Waals surface area contributed by atoms with Crippen molar-refractivity contribution < 1.29 is 42.3 Å². The van der Waals surface area contributed by atoms with E-state index in [-0.39, 0.29) is 57.5 Å². The Labute approximate surface area is 321 Å². The van der Waals surface area contributed by atoms with E-state index in [1.807, 2.05) is 7.05 Å². The molecule has 2 fully saturated rings. The van der Waals surface area contributed by atoms with Gasteiger partial charge in [-0.1, -0.05) is 17.7 Å². The lowest BCUT2D eigenvalue weighted by Crippen LogP contribution is -2.60. The van der Waals surface area contributed by atoms with Gasteiger partial charge in [0.25, 0.3) is 11.8 Å². The van der Waals surface area contributed by atoms with Crippen LogP contribution in [-0.4, -0.2) is 129 Å². The predicted molar refractivity (Wildman–Crippen MR) is 199 cm³/mol. The summed E-state index contributed by atoms with van der Waals surface area (Å²) in [5.41, 5.74) is 1.80. The van der Waals surface area contributed by atoms with Crippen molar-refractivity contribution in [3.8, 4) is 22.4 Å². The van der Waals surface area contributed by atoms with Gasteiger partial charge in [0.05, 0.1) is 75.1 Å². The monoisotopic (exact) mass is 781 g/mol. The molecule has 17 heteroatoms. The first-order valence-electron chi connectivity index (χ1n) is 18.0. The summed E-state index contributed by atoms with van der Waals surface area (Å²) in [7, 11) is 4.97. The molecule has 2 aliphatic rings. The highest BCUT2D eigenvalue weighted by atomic mass is 35.5. The van der Waals surface area contributed by atoms with E-state index < -0.39 is 23.5 Å².